The number of rotatable bonds is 3. The van der Waals surface area contributed by atoms with Crippen molar-refractivity contribution in [3.05, 3.63) is 41.5 Å². The molecular weight excluding hydrogens is 311 g/mol. The molecule has 4 heterocycles. The Bertz CT molecular complexity index is 735. The number of likely N-dealkylation sites (tertiary alicyclic amines) is 1. The Morgan fingerprint density at radius 3 is 3.04 bits per heavy atom. The molecule has 2 aromatic rings. The summed E-state index contributed by atoms with van der Waals surface area (Å²) >= 11 is 0. The van der Waals surface area contributed by atoms with Crippen LogP contribution in [0.3, 0.4) is 0 Å². The number of aliphatic hydroxyl groups excluding tert-OH is 1. The van der Waals surface area contributed by atoms with Gasteiger partial charge in [0.25, 0.3) is 0 Å². The number of likely N-dealkylation sites (N-methyl/N-ethyl adjacent to an activating group) is 1. The fourth-order valence-corrected chi connectivity index (χ4v) is 3.62. The zero-order valence-electron chi connectivity index (χ0n) is 13.6. The van der Waals surface area contributed by atoms with E-state index < -0.39 is 6.10 Å². The summed E-state index contributed by atoms with van der Waals surface area (Å²) in [5, 5.41) is 18.9. The van der Waals surface area contributed by atoms with Crippen molar-refractivity contribution in [2.75, 3.05) is 20.1 Å². The van der Waals surface area contributed by atoms with Crippen LogP contribution in [-0.2, 0) is 19.6 Å². The lowest BCUT2D eigenvalue weighted by atomic mass is 10.1. The van der Waals surface area contributed by atoms with E-state index in [4.69, 9.17) is 0 Å². The molecule has 0 aliphatic carbocycles. The van der Waals surface area contributed by atoms with Crippen molar-refractivity contribution in [3.63, 3.8) is 0 Å². The number of pyridine rings is 1. The molecule has 1 saturated heterocycles. The van der Waals surface area contributed by atoms with Crippen LogP contribution in [0.15, 0.2) is 18.5 Å². The summed E-state index contributed by atoms with van der Waals surface area (Å²) in [5.74, 6) is 1.52. The summed E-state index contributed by atoms with van der Waals surface area (Å²) < 4.78 is 16.1. The third-order valence-corrected chi connectivity index (χ3v) is 4.88. The number of nitrogens with zero attached hydrogens (tertiary/aromatic N) is 6. The van der Waals surface area contributed by atoms with Gasteiger partial charge in [0.15, 0.2) is 5.82 Å². The largest absolute Gasteiger partial charge is 0.392 e. The number of β-amino-alcohol motifs (C(OH)–C–C–N with tert-alkyl or cyclic N) is 1. The van der Waals surface area contributed by atoms with Crippen LogP contribution in [0.1, 0.15) is 29.7 Å². The molecule has 0 bridgehead atoms. The molecule has 1 fully saturated rings. The molecule has 0 spiro atoms. The number of halogens is 1. The van der Waals surface area contributed by atoms with Gasteiger partial charge in [-0.25, -0.2) is 4.39 Å². The first-order valence-electron chi connectivity index (χ1n) is 8.23. The fraction of sp³-hybridized carbons (Fsp3) is 0.562. The third-order valence-electron chi connectivity index (χ3n) is 4.88. The van der Waals surface area contributed by atoms with Gasteiger partial charge in [0, 0.05) is 37.9 Å². The summed E-state index contributed by atoms with van der Waals surface area (Å²) in [6.45, 7) is 3.51. The SMILES string of the molecule is CN1CCn2c(nnc2[C@@H]2C[C@H](O)CN2Cc2ccncc2F)C1. The highest BCUT2D eigenvalue weighted by Crippen LogP contribution is 2.33. The molecule has 0 saturated carbocycles. The van der Waals surface area contributed by atoms with Crippen LogP contribution < -0.4 is 0 Å². The Morgan fingerprint density at radius 2 is 2.21 bits per heavy atom. The normalized spacial score (nSPS) is 25.1. The lowest BCUT2D eigenvalue weighted by Gasteiger charge is -2.27. The molecule has 0 unspecified atom stereocenters. The topological polar surface area (TPSA) is 70.3 Å². The lowest BCUT2D eigenvalue weighted by molar-refractivity contribution is 0.171. The number of hydrogen-bond acceptors (Lipinski definition) is 6. The van der Waals surface area contributed by atoms with E-state index in [0.717, 1.165) is 31.3 Å². The van der Waals surface area contributed by atoms with Crippen LogP contribution in [0.25, 0.3) is 0 Å². The van der Waals surface area contributed by atoms with Crippen molar-refractivity contribution in [2.24, 2.45) is 0 Å². The molecule has 2 aliphatic heterocycles. The Morgan fingerprint density at radius 1 is 1.33 bits per heavy atom. The Kier molecular flexibility index (Phi) is 4.03. The predicted molar refractivity (Wildman–Crippen MR) is 84.3 cm³/mol. The minimum Gasteiger partial charge on any atom is -0.392 e. The van der Waals surface area contributed by atoms with E-state index in [9.17, 15) is 9.50 Å². The lowest BCUT2D eigenvalue weighted by Crippen LogP contribution is -2.33. The van der Waals surface area contributed by atoms with Crippen molar-refractivity contribution in [1.82, 2.24) is 29.5 Å². The fourth-order valence-electron chi connectivity index (χ4n) is 3.62. The smallest absolute Gasteiger partial charge is 0.150 e. The molecule has 1 N–H and O–H groups in total. The maximum Gasteiger partial charge on any atom is 0.150 e. The van der Waals surface area contributed by atoms with Gasteiger partial charge >= 0.3 is 0 Å². The molecule has 2 aliphatic rings. The van der Waals surface area contributed by atoms with Gasteiger partial charge < -0.3 is 9.67 Å². The zero-order valence-corrected chi connectivity index (χ0v) is 13.6. The van der Waals surface area contributed by atoms with Gasteiger partial charge in [-0.05, 0) is 19.5 Å². The molecule has 8 heteroatoms. The maximum atomic E-state index is 13.9. The maximum absolute atomic E-state index is 13.9. The van der Waals surface area contributed by atoms with E-state index in [1.54, 1.807) is 12.3 Å². The molecule has 24 heavy (non-hydrogen) atoms. The molecule has 2 aromatic heterocycles. The van der Waals surface area contributed by atoms with Gasteiger partial charge in [-0.1, -0.05) is 0 Å². The van der Waals surface area contributed by atoms with Crippen LogP contribution in [0, 0.1) is 5.82 Å². The Hall–Kier alpha value is -1.90. The number of aliphatic hydroxyl groups is 1. The number of fused-ring (bicyclic) bond motifs is 1. The van der Waals surface area contributed by atoms with Crippen LogP contribution in [0.5, 0.6) is 0 Å². The van der Waals surface area contributed by atoms with Crippen LogP contribution in [-0.4, -0.2) is 60.9 Å². The first-order valence-corrected chi connectivity index (χ1v) is 8.23. The summed E-state index contributed by atoms with van der Waals surface area (Å²) in [6.07, 6.45) is 2.99. The molecule has 0 radical (unpaired) electrons. The number of aromatic nitrogens is 4. The minimum absolute atomic E-state index is 0.0442. The van der Waals surface area contributed by atoms with Gasteiger partial charge in [-0.3, -0.25) is 14.8 Å². The van der Waals surface area contributed by atoms with Gasteiger partial charge in [-0.15, -0.1) is 10.2 Å². The number of hydrogen-bond donors (Lipinski definition) is 1. The second-order valence-electron chi connectivity index (χ2n) is 6.67. The zero-order chi connectivity index (χ0) is 16.7. The van der Waals surface area contributed by atoms with E-state index in [1.165, 1.54) is 6.20 Å². The van der Waals surface area contributed by atoms with Gasteiger partial charge in [0.1, 0.15) is 11.6 Å². The van der Waals surface area contributed by atoms with Crippen LogP contribution in [0.4, 0.5) is 4.39 Å². The van der Waals surface area contributed by atoms with Crippen molar-refractivity contribution >= 4 is 0 Å². The van der Waals surface area contributed by atoms with Gasteiger partial charge in [0.05, 0.1) is 24.9 Å². The highest BCUT2D eigenvalue weighted by atomic mass is 19.1. The van der Waals surface area contributed by atoms with Gasteiger partial charge in [-0.2, -0.15) is 0 Å². The van der Waals surface area contributed by atoms with E-state index in [1.807, 2.05) is 0 Å². The third kappa shape index (κ3) is 2.81. The predicted octanol–water partition coefficient (Wildman–Crippen LogP) is 0.565. The van der Waals surface area contributed by atoms with Crippen molar-refractivity contribution in [2.45, 2.75) is 38.2 Å². The molecule has 0 aromatic carbocycles. The first kappa shape index (κ1) is 15.6. The van der Waals surface area contributed by atoms with E-state index in [2.05, 4.69) is 36.6 Å². The molecule has 7 nitrogen and oxygen atoms in total. The Labute approximate surface area is 139 Å². The first-order chi connectivity index (χ1) is 11.6. The van der Waals surface area contributed by atoms with Crippen molar-refractivity contribution in [3.8, 4) is 0 Å². The van der Waals surface area contributed by atoms with E-state index in [-0.39, 0.29) is 11.9 Å². The average molecular weight is 332 g/mol. The standard InChI is InChI=1S/C16H21FN6O/c1-21-4-5-23-15(10-21)19-20-16(23)14-6-12(24)9-22(14)8-11-2-3-18-7-13(11)17/h2-3,7,12,14,24H,4-6,8-10H2,1H3/t12-,14-/m0/s1. The molecular formula is C16H21FN6O. The summed E-state index contributed by atoms with van der Waals surface area (Å²) in [6, 6.07) is 1.64. The molecule has 2 atom stereocenters. The second kappa shape index (κ2) is 6.19. The van der Waals surface area contributed by atoms with Crippen LogP contribution >= 0.6 is 0 Å². The monoisotopic (exact) mass is 332 g/mol. The second-order valence-corrected chi connectivity index (χ2v) is 6.67. The summed E-state index contributed by atoms with van der Waals surface area (Å²) in [5.41, 5.74) is 0.585. The van der Waals surface area contributed by atoms with E-state index in [0.29, 0.717) is 25.1 Å². The van der Waals surface area contributed by atoms with Crippen molar-refractivity contribution < 1.29 is 9.50 Å². The van der Waals surface area contributed by atoms with Gasteiger partial charge in [0.2, 0.25) is 0 Å². The highest BCUT2D eigenvalue weighted by molar-refractivity contribution is 5.14. The highest BCUT2D eigenvalue weighted by Gasteiger charge is 2.36. The Balaban J connectivity index is 1.61. The molecule has 4 rings (SSSR count). The minimum atomic E-state index is -0.431. The average Bonchev–Trinajstić information content (AvgIpc) is 3.12. The molecule has 128 valence electrons. The summed E-state index contributed by atoms with van der Waals surface area (Å²) in [7, 11) is 2.07. The van der Waals surface area contributed by atoms with Crippen LogP contribution in [0.2, 0.25) is 0 Å². The molecule has 0 amide bonds. The van der Waals surface area contributed by atoms with Crippen molar-refractivity contribution in [1.29, 1.82) is 0 Å². The quantitative estimate of drug-likeness (QED) is 0.886. The van der Waals surface area contributed by atoms with E-state index >= 15 is 0 Å². The summed E-state index contributed by atoms with van der Waals surface area (Å²) in [4.78, 5) is 8.09.